The molecule has 3 rings (SSSR count). The smallest absolute Gasteiger partial charge is 0.261 e. The van der Waals surface area contributed by atoms with Gasteiger partial charge in [-0.15, -0.1) is 0 Å². The highest BCUT2D eigenvalue weighted by atomic mass is 32.2. The molecule has 0 spiro atoms. The van der Waals surface area contributed by atoms with Gasteiger partial charge in [-0.05, 0) is 55.0 Å². The maximum absolute atomic E-state index is 13.0. The van der Waals surface area contributed by atoms with Crippen LogP contribution in [-0.4, -0.2) is 14.3 Å². The van der Waals surface area contributed by atoms with Gasteiger partial charge in [-0.3, -0.25) is 9.52 Å². The summed E-state index contributed by atoms with van der Waals surface area (Å²) in [7, 11) is -3.92. The number of nitrogens with one attached hydrogen (secondary N) is 2. The van der Waals surface area contributed by atoms with Crippen LogP contribution in [0.15, 0.2) is 70.4 Å². The van der Waals surface area contributed by atoms with Crippen molar-refractivity contribution in [2.75, 3.05) is 4.72 Å². The molecule has 0 bridgehead atoms. The molecule has 0 aliphatic rings. The number of sulfonamides is 1. The van der Waals surface area contributed by atoms with Gasteiger partial charge in [0.1, 0.15) is 5.82 Å². The summed E-state index contributed by atoms with van der Waals surface area (Å²) in [5.41, 5.74) is 1.91. The number of aryl methyl sites for hydroxylation is 1. The number of carbonyl (C=O) groups is 1. The number of halogens is 1. The third-order valence-electron chi connectivity index (χ3n) is 3.89. The SMILES string of the molecule is Cc1ccc(S(=O)(=O)Nc2ccc(F)cc2)cc1C(=O)NCc1ccoc1. The second kappa shape index (κ2) is 7.63. The lowest BCUT2D eigenvalue weighted by Crippen LogP contribution is -2.24. The highest BCUT2D eigenvalue weighted by molar-refractivity contribution is 7.92. The van der Waals surface area contributed by atoms with Crippen molar-refractivity contribution in [3.63, 3.8) is 0 Å². The molecule has 6 nitrogen and oxygen atoms in total. The van der Waals surface area contributed by atoms with Crippen molar-refractivity contribution in [2.24, 2.45) is 0 Å². The summed E-state index contributed by atoms with van der Waals surface area (Å²) in [5.74, 6) is -0.864. The zero-order chi connectivity index (χ0) is 19.4. The summed E-state index contributed by atoms with van der Waals surface area (Å²) in [6, 6.07) is 11.0. The molecule has 0 radical (unpaired) electrons. The summed E-state index contributed by atoms with van der Waals surface area (Å²) >= 11 is 0. The van der Waals surface area contributed by atoms with E-state index in [0.29, 0.717) is 5.56 Å². The topological polar surface area (TPSA) is 88.4 Å². The van der Waals surface area contributed by atoms with Crippen LogP contribution in [0.1, 0.15) is 21.5 Å². The Hall–Kier alpha value is -3.13. The zero-order valence-corrected chi connectivity index (χ0v) is 15.2. The molecule has 27 heavy (non-hydrogen) atoms. The molecule has 140 valence electrons. The van der Waals surface area contributed by atoms with Crippen LogP contribution in [0.4, 0.5) is 10.1 Å². The zero-order valence-electron chi connectivity index (χ0n) is 14.4. The Morgan fingerprint density at radius 1 is 1.11 bits per heavy atom. The molecule has 0 aliphatic heterocycles. The monoisotopic (exact) mass is 388 g/mol. The van der Waals surface area contributed by atoms with E-state index in [1.165, 1.54) is 36.8 Å². The van der Waals surface area contributed by atoms with Crippen molar-refractivity contribution >= 4 is 21.6 Å². The van der Waals surface area contributed by atoms with Crippen molar-refractivity contribution in [3.8, 4) is 0 Å². The van der Waals surface area contributed by atoms with Crippen molar-refractivity contribution in [2.45, 2.75) is 18.4 Å². The summed E-state index contributed by atoms with van der Waals surface area (Å²) in [6.07, 6.45) is 3.02. The van der Waals surface area contributed by atoms with E-state index in [0.717, 1.165) is 17.7 Å². The van der Waals surface area contributed by atoms with Crippen LogP contribution < -0.4 is 10.0 Å². The van der Waals surface area contributed by atoms with Crippen LogP contribution in [0, 0.1) is 12.7 Å². The van der Waals surface area contributed by atoms with Crippen LogP contribution in [0.5, 0.6) is 0 Å². The minimum absolute atomic E-state index is 0.0640. The van der Waals surface area contributed by atoms with Crippen LogP contribution in [-0.2, 0) is 16.6 Å². The molecule has 0 fully saturated rings. The summed E-state index contributed by atoms with van der Waals surface area (Å²) < 4.78 is 45.4. The fourth-order valence-corrected chi connectivity index (χ4v) is 3.50. The molecule has 3 aromatic rings. The molecular weight excluding hydrogens is 371 g/mol. The lowest BCUT2D eigenvalue weighted by atomic mass is 10.1. The third-order valence-corrected chi connectivity index (χ3v) is 5.27. The van der Waals surface area contributed by atoms with E-state index in [4.69, 9.17) is 4.42 Å². The molecule has 0 saturated heterocycles. The quantitative estimate of drug-likeness (QED) is 0.677. The number of anilines is 1. The number of hydrogen-bond donors (Lipinski definition) is 2. The number of hydrogen-bond acceptors (Lipinski definition) is 4. The first-order valence-electron chi connectivity index (χ1n) is 8.03. The highest BCUT2D eigenvalue weighted by Gasteiger charge is 2.18. The van der Waals surface area contributed by atoms with Crippen LogP contribution >= 0.6 is 0 Å². The lowest BCUT2D eigenvalue weighted by Gasteiger charge is -2.11. The van der Waals surface area contributed by atoms with E-state index in [2.05, 4.69) is 10.0 Å². The number of furan rings is 1. The molecule has 1 aromatic heterocycles. The van der Waals surface area contributed by atoms with E-state index >= 15 is 0 Å². The third kappa shape index (κ3) is 4.53. The van der Waals surface area contributed by atoms with Gasteiger partial charge in [0.15, 0.2) is 0 Å². The molecule has 0 unspecified atom stereocenters. The number of carbonyl (C=O) groups excluding carboxylic acids is 1. The average Bonchev–Trinajstić information content (AvgIpc) is 3.15. The van der Waals surface area contributed by atoms with E-state index in [9.17, 15) is 17.6 Å². The minimum Gasteiger partial charge on any atom is -0.472 e. The van der Waals surface area contributed by atoms with Crippen molar-refractivity contribution < 1.29 is 22.0 Å². The predicted molar refractivity (Wildman–Crippen MR) is 98.3 cm³/mol. The first kappa shape index (κ1) is 18.7. The molecule has 2 N–H and O–H groups in total. The Bertz CT molecular complexity index is 1050. The fourth-order valence-electron chi connectivity index (χ4n) is 2.42. The normalized spacial score (nSPS) is 11.2. The van der Waals surface area contributed by atoms with Gasteiger partial charge in [0.05, 0.1) is 17.4 Å². The Morgan fingerprint density at radius 2 is 1.85 bits per heavy atom. The second-order valence-electron chi connectivity index (χ2n) is 5.90. The fraction of sp³-hybridized carbons (Fsp3) is 0.105. The Kier molecular flexibility index (Phi) is 5.27. The van der Waals surface area contributed by atoms with Gasteiger partial charge in [0.2, 0.25) is 0 Å². The lowest BCUT2D eigenvalue weighted by molar-refractivity contribution is 0.0950. The van der Waals surface area contributed by atoms with Gasteiger partial charge in [0, 0.05) is 23.4 Å². The summed E-state index contributed by atoms with van der Waals surface area (Å²) in [5, 5.41) is 2.72. The van der Waals surface area contributed by atoms with Crippen LogP contribution in [0.3, 0.4) is 0 Å². The predicted octanol–water partition coefficient (Wildman–Crippen LogP) is 3.46. The Balaban J connectivity index is 1.80. The Morgan fingerprint density at radius 3 is 2.52 bits per heavy atom. The molecule has 1 heterocycles. The van der Waals surface area contributed by atoms with Crippen molar-refractivity contribution in [3.05, 3.63) is 83.6 Å². The molecular formula is C19H17FN2O4S. The number of benzene rings is 2. The minimum atomic E-state index is -3.92. The van der Waals surface area contributed by atoms with Gasteiger partial charge in [0.25, 0.3) is 15.9 Å². The molecule has 0 saturated carbocycles. The van der Waals surface area contributed by atoms with Crippen molar-refractivity contribution in [1.82, 2.24) is 5.32 Å². The molecule has 1 amide bonds. The summed E-state index contributed by atoms with van der Waals surface area (Å²) in [6.45, 7) is 1.98. The largest absolute Gasteiger partial charge is 0.472 e. The Labute approximate surface area is 156 Å². The first-order chi connectivity index (χ1) is 12.8. The van der Waals surface area contributed by atoms with E-state index in [1.807, 2.05) is 0 Å². The van der Waals surface area contributed by atoms with Crippen LogP contribution in [0.25, 0.3) is 0 Å². The number of amides is 1. The van der Waals surface area contributed by atoms with E-state index in [1.54, 1.807) is 19.1 Å². The first-order valence-corrected chi connectivity index (χ1v) is 9.52. The van der Waals surface area contributed by atoms with Gasteiger partial charge in [-0.2, -0.15) is 0 Å². The second-order valence-corrected chi connectivity index (χ2v) is 7.59. The van der Waals surface area contributed by atoms with Gasteiger partial charge < -0.3 is 9.73 Å². The average molecular weight is 388 g/mol. The number of rotatable bonds is 6. The molecule has 0 aliphatic carbocycles. The molecule has 2 aromatic carbocycles. The summed E-state index contributed by atoms with van der Waals surface area (Å²) in [4.78, 5) is 12.4. The van der Waals surface area contributed by atoms with Gasteiger partial charge in [-0.1, -0.05) is 6.07 Å². The van der Waals surface area contributed by atoms with E-state index < -0.39 is 21.7 Å². The van der Waals surface area contributed by atoms with Gasteiger partial charge in [-0.25, -0.2) is 12.8 Å². The highest BCUT2D eigenvalue weighted by Crippen LogP contribution is 2.20. The maximum Gasteiger partial charge on any atom is 0.261 e. The van der Waals surface area contributed by atoms with Gasteiger partial charge >= 0.3 is 0 Å². The standard InChI is InChI=1S/C19H17FN2O4S/c1-13-2-7-17(27(24,25)22-16-5-3-15(20)4-6-16)10-18(13)19(23)21-11-14-8-9-26-12-14/h2-10,12,22H,11H2,1H3,(H,21,23). The van der Waals surface area contributed by atoms with Crippen LogP contribution in [0.2, 0.25) is 0 Å². The molecule has 0 atom stereocenters. The van der Waals surface area contributed by atoms with Crippen molar-refractivity contribution in [1.29, 1.82) is 0 Å². The maximum atomic E-state index is 13.0. The van der Waals surface area contributed by atoms with E-state index in [-0.39, 0.29) is 22.7 Å². The molecule has 8 heteroatoms.